The van der Waals surface area contributed by atoms with Crippen LogP contribution in [-0.2, 0) is 4.79 Å². The largest absolute Gasteiger partial charge is 0.335 e. The van der Waals surface area contributed by atoms with Crippen LogP contribution < -0.4 is 5.32 Å². The SMILES string of the molecule is O=C(c1cc(-c2cccs2)[nH]n1)N1CCC(N2C(=O)CNC2=O)C1. The van der Waals surface area contributed by atoms with Crippen molar-refractivity contribution in [2.75, 3.05) is 19.6 Å². The normalized spacial score (nSPS) is 20.8. The van der Waals surface area contributed by atoms with Gasteiger partial charge in [0.1, 0.15) is 0 Å². The fraction of sp³-hybridized carbons (Fsp3) is 0.333. The van der Waals surface area contributed by atoms with Crippen LogP contribution >= 0.6 is 11.3 Å². The Morgan fingerprint density at radius 1 is 1.38 bits per heavy atom. The quantitative estimate of drug-likeness (QED) is 0.808. The number of nitrogens with one attached hydrogen (secondary N) is 2. The molecule has 0 aliphatic carbocycles. The number of hydrogen-bond acceptors (Lipinski definition) is 5. The van der Waals surface area contributed by atoms with Gasteiger partial charge in [-0.3, -0.25) is 19.6 Å². The molecule has 24 heavy (non-hydrogen) atoms. The van der Waals surface area contributed by atoms with Crippen LogP contribution in [0.3, 0.4) is 0 Å². The van der Waals surface area contributed by atoms with Gasteiger partial charge in [-0.05, 0) is 23.9 Å². The van der Waals surface area contributed by atoms with Crippen molar-refractivity contribution in [1.29, 1.82) is 0 Å². The van der Waals surface area contributed by atoms with Gasteiger partial charge in [-0.15, -0.1) is 11.3 Å². The number of likely N-dealkylation sites (tertiary alicyclic amines) is 1. The molecule has 0 aromatic carbocycles. The minimum atomic E-state index is -0.376. The molecule has 4 heterocycles. The van der Waals surface area contributed by atoms with Crippen LogP contribution in [0.25, 0.3) is 10.6 Å². The molecule has 0 saturated carbocycles. The summed E-state index contributed by atoms with van der Waals surface area (Å²) in [4.78, 5) is 40.0. The van der Waals surface area contributed by atoms with Gasteiger partial charge in [0, 0.05) is 13.1 Å². The van der Waals surface area contributed by atoms with Crippen LogP contribution in [-0.4, -0.2) is 63.5 Å². The third-order valence-corrected chi connectivity index (χ3v) is 5.18. The summed E-state index contributed by atoms with van der Waals surface area (Å²) in [7, 11) is 0. The van der Waals surface area contributed by atoms with E-state index in [0.717, 1.165) is 10.6 Å². The third kappa shape index (κ3) is 2.46. The third-order valence-electron chi connectivity index (χ3n) is 4.28. The Labute approximate surface area is 141 Å². The molecule has 1 unspecified atom stereocenters. The number of carbonyl (C=O) groups excluding carboxylic acids is 3. The monoisotopic (exact) mass is 345 g/mol. The lowest BCUT2D eigenvalue weighted by atomic mass is 10.2. The summed E-state index contributed by atoms with van der Waals surface area (Å²) in [6.45, 7) is 0.883. The number of urea groups is 1. The van der Waals surface area contributed by atoms with Crippen molar-refractivity contribution in [2.45, 2.75) is 12.5 Å². The van der Waals surface area contributed by atoms with Crippen molar-refractivity contribution in [3.63, 3.8) is 0 Å². The van der Waals surface area contributed by atoms with Crippen molar-refractivity contribution in [2.24, 2.45) is 0 Å². The van der Waals surface area contributed by atoms with Crippen molar-refractivity contribution in [1.82, 2.24) is 25.3 Å². The minimum absolute atomic E-state index is 0.0345. The lowest BCUT2D eigenvalue weighted by Crippen LogP contribution is -2.43. The van der Waals surface area contributed by atoms with Crippen LogP contribution in [0.15, 0.2) is 23.6 Å². The Morgan fingerprint density at radius 3 is 2.96 bits per heavy atom. The molecular formula is C15H15N5O3S. The Kier molecular flexibility index (Phi) is 3.57. The molecule has 2 saturated heterocycles. The second kappa shape index (κ2) is 5.75. The number of amides is 4. The summed E-state index contributed by atoms with van der Waals surface area (Å²) in [5, 5.41) is 11.4. The Morgan fingerprint density at radius 2 is 2.25 bits per heavy atom. The van der Waals surface area contributed by atoms with Crippen molar-refractivity contribution in [3.05, 3.63) is 29.3 Å². The van der Waals surface area contributed by atoms with Crippen LogP contribution in [0.5, 0.6) is 0 Å². The molecule has 8 nitrogen and oxygen atoms in total. The average Bonchev–Trinajstić information content (AvgIpc) is 3.34. The number of aromatic nitrogens is 2. The molecule has 0 bridgehead atoms. The van der Waals surface area contributed by atoms with E-state index in [4.69, 9.17) is 0 Å². The van der Waals surface area contributed by atoms with E-state index < -0.39 is 0 Å². The van der Waals surface area contributed by atoms with Gasteiger partial charge in [0.2, 0.25) is 5.91 Å². The summed E-state index contributed by atoms with van der Waals surface area (Å²) in [5.74, 6) is -0.428. The molecule has 2 aromatic rings. The summed E-state index contributed by atoms with van der Waals surface area (Å²) in [5.41, 5.74) is 1.15. The maximum absolute atomic E-state index is 12.6. The van der Waals surface area contributed by atoms with Crippen molar-refractivity contribution >= 4 is 29.2 Å². The highest BCUT2D eigenvalue weighted by atomic mass is 32.1. The zero-order valence-corrected chi connectivity index (χ0v) is 13.5. The van der Waals surface area contributed by atoms with Gasteiger partial charge in [-0.1, -0.05) is 6.07 Å². The highest BCUT2D eigenvalue weighted by Crippen LogP contribution is 2.24. The Bertz CT molecular complexity index is 784. The molecule has 9 heteroatoms. The summed E-state index contributed by atoms with van der Waals surface area (Å²) >= 11 is 1.57. The first-order valence-electron chi connectivity index (χ1n) is 7.62. The number of thiophene rings is 1. The van der Waals surface area contributed by atoms with Crippen molar-refractivity contribution < 1.29 is 14.4 Å². The zero-order valence-electron chi connectivity index (χ0n) is 12.7. The molecule has 0 radical (unpaired) electrons. The van der Waals surface area contributed by atoms with E-state index in [1.54, 1.807) is 22.3 Å². The number of rotatable bonds is 3. The van der Waals surface area contributed by atoms with Crippen LogP contribution in [0, 0.1) is 0 Å². The smallest absolute Gasteiger partial charge is 0.324 e. The van der Waals surface area contributed by atoms with Gasteiger partial charge in [0.15, 0.2) is 5.69 Å². The fourth-order valence-electron chi connectivity index (χ4n) is 3.09. The number of carbonyl (C=O) groups is 3. The first-order valence-corrected chi connectivity index (χ1v) is 8.50. The van der Waals surface area contributed by atoms with E-state index in [9.17, 15) is 14.4 Å². The molecule has 0 spiro atoms. The van der Waals surface area contributed by atoms with Crippen molar-refractivity contribution in [3.8, 4) is 10.6 Å². The molecule has 2 aliphatic heterocycles. The molecule has 2 aliphatic rings. The van der Waals surface area contributed by atoms with E-state index in [2.05, 4.69) is 15.5 Å². The van der Waals surface area contributed by atoms with Crippen LogP contribution in [0.1, 0.15) is 16.9 Å². The average molecular weight is 345 g/mol. The second-order valence-electron chi connectivity index (χ2n) is 5.76. The Balaban J connectivity index is 1.46. The second-order valence-corrected chi connectivity index (χ2v) is 6.71. The molecule has 1 atom stereocenters. The van der Waals surface area contributed by atoms with E-state index in [1.807, 2.05) is 17.5 Å². The van der Waals surface area contributed by atoms with Crippen LogP contribution in [0.4, 0.5) is 4.79 Å². The predicted molar refractivity (Wildman–Crippen MR) is 86.5 cm³/mol. The lowest BCUT2D eigenvalue weighted by molar-refractivity contribution is -0.126. The van der Waals surface area contributed by atoms with E-state index in [0.29, 0.717) is 25.2 Å². The highest BCUT2D eigenvalue weighted by Gasteiger charge is 2.40. The lowest BCUT2D eigenvalue weighted by Gasteiger charge is -2.21. The molecule has 4 rings (SSSR count). The maximum atomic E-state index is 12.6. The van der Waals surface area contributed by atoms with Gasteiger partial charge in [-0.25, -0.2) is 4.79 Å². The van der Waals surface area contributed by atoms with Gasteiger partial charge in [-0.2, -0.15) is 5.10 Å². The number of imide groups is 1. The highest BCUT2D eigenvalue weighted by molar-refractivity contribution is 7.13. The first-order chi connectivity index (χ1) is 11.6. The molecule has 2 aromatic heterocycles. The maximum Gasteiger partial charge on any atom is 0.324 e. The van der Waals surface area contributed by atoms with E-state index in [-0.39, 0.29) is 30.4 Å². The topological polar surface area (TPSA) is 98.4 Å². The minimum Gasteiger partial charge on any atom is -0.335 e. The number of aromatic amines is 1. The van der Waals surface area contributed by atoms with Gasteiger partial charge >= 0.3 is 6.03 Å². The van der Waals surface area contributed by atoms with E-state index in [1.165, 1.54) is 4.90 Å². The number of hydrogen-bond donors (Lipinski definition) is 2. The molecule has 124 valence electrons. The first kappa shape index (κ1) is 14.9. The fourth-order valence-corrected chi connectivity index (χ4v) is 3.79. The van der Waals surface area contributed by atoms with Gasteiger partial charge in [0.05, 0.1) is 23.2 Å². The van der Waals surface area contributed by atoms with E-state index >= 15 is 0 Å². The molecule has 2 fully saturated rings. The predicted octanol–water partition coefficient (Wildman–Crippen LogP) is 0.904. The van der Waals surface area contributed by atoms with Crippen LogP contribution in [0.2, 0.25) is 0 Å². The zero-order chi connectivity index (χ0) is 16.7. The summed E-state index contributed by atoms with van der Waals surface area (Å²) in [6.07, 6.45) is 0.590. The summed E-state index contributed by atoms with van der Waals surface area (Å²) < 4.78 is 0. The van der Waals surface area contributed by atoms with Gasteiger partial charge < -0.3 is 10.2 Å². The molecule has 2 N–H and O–H groups in total. The van der Waals surface area contributed by atoms with Gasteiger partial charge in [0.25, 0.3) is 5.91 Å². The number of nitrogens with zero attached hydrogens (tertiary/aromatic N) is 3. The standard InChI is InChI=1S/C15H15N5O3S/c21-13-7-16-15(23)20(13)9-3-4-19(8-9)14(22)11-6-10(17-18-11)12-2-1-5-24-12/h1-2,5-6,9H,3-4,7-8H2,(H,16,23)(H,17,18). The molecule has 4 amide bonds. The molecular weight excluding hydrogens is 330 g/mol. The summed E-state index contributed by atoms with van der Waals surface area (Å²) in [6, 6.07) is 4.98. The Hall–Kier alpha value is -2.68. The number of H-pyrrole nitrogens is 1.